The molecule has 0 unspecified atom stereocenters. The highest BCUT2D eigenvalue weighted by atomic mass is 16.3. The van der Waals surface area contributed by atoms with Crippen LogP contribution in [-0.2, 0) is 26.1 Å². The van der Waals surface area contributed by atoms with Gasteiger partial charge in [-0.3, -0.25) is 0 Å². The van der Waals surface area contributed by atoms with E-state index in [1.807, 2.05) is 6.07 Å². The lowest BCUT2D eigenvalue weighted by Crippen LogP contribution is -1.95. The van der Waals surface area contributed by atoms with Crippen molar-refractivity contribution < 1.29 is 10.2 Å². The van der Waals surface area contributed by atoms with Crippen molar-refractivity contribution in [1.82, 2.24) is 0 Å². The fourth-order valence-corrected chi connectivity index (χ4v) is 2.96. The van der Waals surface area contributed by atoms with Crippen molar-refractivity contribution in [1.29, 1.82) is 0 Å². The molecule has 4 rings (SSSR count). The number of benzene rings is 2. The Kier molecular flexibility index (Phi) is 1.45. The van der Waals surface area contributed by atoms with Crippen LogP contribution in [0.3, 0.4) is 0 Å². The number of aliphatic hydroxyl groups excluding tert-OH is 2. The smallest absolute Gasteiger partial charge is 0.0691 e. The summed E-state index contributed by atoms with van der Waals surface area (Å²) in [7, 11) is 0. The second-order valence-corrected chi connectivity index (χ2v) is 4.71. The summed E-state index contributed by atoms with van der Waals surface area (Å²) in [6, 6.07) is 4.05. The van der Waals surface area contributed by atoms with Crippen molar-refractivity contribution >= 4 is 10.8 Å². The van der Waals surface area contributed by atoms with Gasteiger partial charge in [0.1, 0.15) is 0 Å². The van der Waals surface area contributed by atoms with E-state index >= 15 is 0 Å². The van der Waals surface area contributed by atoms with Crippen LogP contribution in [0.4, 0.5) is 0 Å². The van der Waals surface area contributed by atoms with Crippen LogP contribution in [0.2, 0.25) is 0 Å². The summed E-state index contributed by atoms with van der Waals surface area (Å²) in [6.07, 6.45) is 2.23. The number of hydrogen-bond donors (Lipinski definition) is 2. The summed E-state index contributed by atoms with van der Waals surface area (Å²) in [5.41, 5.74) is 7.72. The monoisotopic (exact) mass is 212 g/mol. The highest BCUT2D eigenvalue weighted by Gasteiger charge is 2.36. The van der Waals surface area contributed by atoms with Crippen LogP contribution < -0.4 is 0 Å². The van der Waals surface area contributed by atoms with Crippen LogP contribution in [0.5, 0.6) is 0 Å². The fraction of sp³-hybridized carbons (Fsp3) is 0.286. The van der Waals surface area contributed by atoms with Crippen molar-refractivity contribution in [2.24, 2.45) is 0 Å². The van der Waals surface area contributed by atoms with Gasteiger partial charge >= 0.3 is 0 Å². The molecule has 0 heterocycles. The van der Waals surface area contributed by atoms with Gasteiger partial charge in [-0.25, -0.2) is 0 Å². The molecule has 0 fully saturated rings. The first-order chi connectivity index (χ1) is 7.85. The van der Waals surface area contributed by atoms with Crippen molar-refractivity contribution in [3.8, 4) is 0 Å². The Bertz CT molecular complexity index is 641. The van der Waals surface area contributed by atoms with Gasteiger partial charge in [0, 0.05) is 0 Å². The summed E-state index contributed by atoms with van der Waals surface area (Å²) in [5.74, 6) is 0. The first-order valence-corrected chi connectivity index (χ1v) is 5.66. The lowest BCUT2D eigenvalue weighted by molar-refractivity contribution is 0.261. The molecular weight excluding hydrogens is 200 g/mol. The molecule has 2 nitrogen and oxygen atoms in total. The Balaban J connectivity index is 2.17. The average Bonchev–Trinajstić information content (AvgIpc) is 3.15. The van der Waals surface area contributed by atoms with Crippen LogP contribution in [-0.4, -0.2) is 10.2 Å². The predicted octanol–water partition coefficient (Wildman–Crippen LogP) is 1.63. The number of rotatable bonds is 2. The van der Waals surface area contributed by atoms with Crippen LogP contribution >= 0.6 is 0 Å². The third-order valence-corrected chi connectivity index (χ3v) is 3.92. The highest BCUT2D eigenvalue weighted by molar-refractivity contribution is 6.01. The van der Waals surface area contributed by atoms with Gasteiger partial charge < -0.3 is 10.2 Å². The van der Waals surface area contributed by atoms with Gasteiger partial charge in [0.25, 0.3) is 0 Å². The topological polar surface area (TPSA) is 40.5 Å². The average molecular weight is 212 g/mol. The van der Waals surface area contributed by atoms with E-state index in [0.29, 0.717) is 0 Å². The van der Waals surface area contributed by atoms with Gasteiger partial charge in [0.05, 0.1) is 13.2 Å². The maximum atomic E-state index is 9.49. The van der Waals surface area contributed by atoms with E-state index in [9.17, 15) is 10.2 Å². The Labute approximate surface area is 93.1 Å². The molecule has 2 heteroatoms. The normalized spacial score (nSPS) is 14.9. The number of hydrogen-bond acceptors (Lipinski definition) is 2. The number of aliphatic hydroxyl groups is 2. The third kappa shape index (κ3) is 0.896. The Morgan fingerprint density at radius 3 is 2.38 bits per heavy atom. The van der Waals surface area contributed by atoms with Crippen LogP contribution in [0, 0.1) is 0 Å². The molecular formula is C14H12O2. The molecule has 0 amide bonds. The quantitative estimate of drug-likeness (QED) is 0.530. The lowest BCUT2D eigenvalue weighted by atomic mass is 9.99. The van der Waals surface area contributed by atoms with E-state index in [-0.39, 0.29) is 13.2 Å². The summed E-state index contributed by atoms with van der Waals surface area (Å²) in [4.78, 5) is 0. The molecule has 2 aliphatic rings. The van der Waals surface area contributed by atoms with Crippen molar-refractivity contribution in [2.75, 3.05) is 0 Å². The zero-order chi connectivity index (χ0) is 10.9. The standard InChI is InChI=1S/C14H12O2/c15-5-7-1-2-8-9-3-10(9)11-4-12(11)14(8)13(7)6-16/h1-2,15-16H,3-6H2. The van der Waals surface area contributed by atoms with Crippen LogP contribution in [0.25, 0.3) is 10.8 Å². The van der Waals surface area contributed by atoms with E-state index in [1.165, 1.54) is 27.5 Å². The van der Waals surface area contributed by atoms with Gasteiger partial charge in [0.2, 0.25) is 0 Å². The van der Waals surface area contributed by atoms with E-state index in [2.05, 4.69) is 6.07 Å². The summed E-state index contributed by atoms with van der Waals surface area (Å²) < 4.78 is 0. The second-order valence-electron chi connectivity index (χ2n) is 4.71. The molecule has 0 spiro atoms. The maximum Gasteiger partial charge on any atom is 0.0691 e. The summed E-state index contributed by atoms with van der Waals surface area (Å²) >= 11 is 0. The summed E-state index contributed by atoms with van der Waals surface area (Å²) in [6.45, 7) is 0.0378. The molecule has 0 aromatic heterocycles. The molecule has 0 atom stereocenters. The molecule has 0 aliphatic heterocycles. The molecule has 2 aliphatic carbocycles. The minimum Gasteiger partial charge on any atom is -0.392 e. The van der Waals surface area contributed by atoms with Crippen LogP contribution in [0.1, 0.15) is 33.4 Å². The minimum absolute atomic E-state index is 0.0116. The van der Waals surface area contributed by atoms with Gasteiger partial charge in [-0.05, 0) is 57.0 Å². The zero-order valence-corrected chi connectivity index (χ0v) is 8.88. The maximum absolute atomic E-state index is 9.49. The minimum atomic E-state index is 0.0116. The predicted molar refractivity (Wildman–Crippen MR) is 61.4 cm³/mol. The Morgan fingerprint density at radius 2 is 1.62 bits per heavy atom. The molecule has 16 heavy (non-hydrogen) atoms. The first-order valence-electron chi connectivity index (χ1n) is 5.66. The van der Waals surface area contributed by atoms with E-state index in [0.717, 1.165) is 24.0 Å². The molecule has 2 aromatic carbocycles. The SMILES string of the molecule is OCc1ccc2c3c(c4c(c2c1CO)C4)C3. The molecule has 0 bridgehead atoms. The third-order valence-electron chi connectivity index (χ3n) is 3.92. The van der Waals surface area contributed by atoms with Crippen LogP contribution in [0.15, 0.2) is 12.1 Å². The number of fused-ring (bicyclic) bond motifs is 6. The van der Waals surface area contributed by atoms with Crippen molar-refractivity contribution in [2.45, 2.75) is 26.1 Å². The largest absolute Gasteiger partial charge is 0.392 e. The van der Waals surface area contributed by atoms with E-state index in [1.54, 1.807) is 5.56 Å². The van der Waals surface area contributed by atoms with Gasteiger partial charge in [-0.1, -0.05) is 12.1 Å². The molecule has 2 N–H and O–H groups in total. The van der Waals surface area contributed by atoms with E-state index < -0.39 is 0 Å². The molecule has 0 saturated heterocycles. The molecule has 0 radical (unpaired) electrons. The van der Waals surface area contributed by atoms with Crippen molar-refractivity contribution in [3.63, 3.8) is 0 Å². The highest BCUT2D eigenvalue weighted by Crippen LogP contribution is 2.50. The second kappa shape index (κ2) is 2.65. The molecule has 2 aromatic rings. The van der Waals surface area contributed by atoms with Gasteiger partial charge in [0.15, 0.2) is 0 Å². The Morgan fingerprint density at radius 1 is 0.875 bits per heavy atom. The fourth-order valence-electron chi connectivity index (χ4n) is 2.96. The lowest BCUT2D eigenvalue weighted by Gasteiger charge is -2.08. The first kappa shape index (κ1) is 8.74. The van der Waals surface area contributed by atoms with Gasteiger partial charge in [-0.15, -0.1) is 0 Å². The van der Waals surface area contributed by atoms with Gasteiger partial charge in [-0.2, -0.15) is 0 Å². The molecule has 0 saturated carbocycles. The van der Waals surface area contributed by atoms with E-state index in [4.69, 9.17) is 0 Å². The summed E-state index contributed by atoms with van der Waals surface area (Å²) in [5, 5.41) is 21.3. The van der Waals surface area contributed by atoms with Crippen molar-refractivity contribution in [3.05, 3.63) is 45.5 Å². The molecule has 80 valence electrons. The Hall–Kier alpha value is -1.38. The zero-order valence-electron chi connectivity index (χ0n) is 8.88.